The van der Waals surface area contributed by atoms with Crippen LogP contribution in [0.3, 0.4) is 0 Å². The molecule has 0 spiro atoms. The van der Waals surface area contributed by atoms with E-state index in [1.54, 1.807) is 11.0 Å². The molecule has 2 aromatic rings. The fraction of sp³-hybridized carbons (Fsp3) is 0.393. The molecule has 0 bridgehead atoms. The van der Waals surface area contributed by atoms with Gasteiger partial charge in [-0.15, -0.1) is 0 Å². The number of carbonyl (C=O) groups is 3. The summed E-state index contributed by atoms with van der Waals surface area (Å²) in [7, 11) is 0. The van der Waals surface area contributed by atoms with Gasteiger partial charge < -0.3 is 20.0 Å². The van der Waals surface area contributed by atoms with Crippen LogP contribution in [0.15, 0.2) is 60.7 Å². The van der Waals surface area contributed by atoms with Crippen molar-refractivity contribution >= 4 is 29.2 Å². The highest BCUT2D eigenvalue weighted by Crippen LogP contribution is 2.31. The zero-order chi connectivity index (χ0) is 31.6. The average Bonchev–Trinajstić information content (AvgIpc) is 2.99. The molecule has 2 aliphatic rings. The predicted molar refractivity (Wildman–Crippen MR) is 150 cm³/mol. The second-order valence-corrected chi connectivity index (χ2v) is 9.82. The number of carboxylic acids is 2. The summed E-state index contributed by atoms with van der Waals surface area (Å²) in [5.41, 5.74) is 0.390. The smallest absolute Gasteiger partial charge is 0.416 e. The molecular weight excluding hydrogens is 575 g/mol. The predicted octanol–water partition coefficient (Wildman–Crippen LogP) is 2.91. The number of amides is 1. The first-order valence-corrected chi connectivity index (χ1v) is 13.4. The zero-order valence-electron chi connectivity index (χ0n) is 23.2. The molecule has 1 amide bonds. The number of alkyl halides is 3. The number of nitro groups is 1. The number of aliphatic carboxylic acids is 2. The molecule has 0 aliphatic carbocycles. The number of carboxylic acid groups (broad SMARTS) is 2. The highest BCUT2D eigenvalue weighted by molar-refractivity contribution is 5.94. The molecule has 2 aromatic carbocycles. The molecule has 0 atom stereocenters. The number of piperazine rings is 2. The van der Waals surface area contributed by atoms with Crippen LogP contribution in [0.5, 0.6) is 0 Å². The summed E-state index contributed by atoms with van der Waals surface area (Å²) in [6.07, 6.45) is -3.22. The van der Waals surface area contributed by atoms with E-state index >= 15 is 0 Å². The Morgan fingerprint density at radius 1 is 0.814 bits per heavy atom. The lowest BCUT2D eigenvalue weighted by Crippen LogP contribution is -2.52. The van der Waals surface area contributed by atoms with Crippen molar-refractivity contribution in [1.29, 1.82) is 0 Å². The summed E-state index contributed by atoms with van der Waals surface area (Å²) in [4.78, 5) is 50.5. The second kappa shape index (κ2) is 15.1. The lowest BCUT2D eigenvalue weighted by molar-refractivity contribution is -0.384. The third-order valence-corrected chi connectivity index (χ3v) is 7.00. The van der Waals surface area contributed by atoms with E-state index in [0.717, 1.165) is 45.3 Å². The normalized spacial score (nSPS) is 16.4. The third kappa shape index (κ3) is 10.4. The summed E-state index contributed by atoms with van der Waals surface area (Å²) >= 11 is 0. The highest BCUT2D eigenvalue weighted by atomic mass is 19.4. The van der Waals surface area contributed by atoms with E-state index in [1.807, 2.05) is 4.90 Å². The molecule has 2 aliphatic heterocycles. The molecule has 4 rings (SSSR count). The number of hydrogen-bond acceptors (Lipinski definition) is 8. The van der Waals surface area contributed by atoms with Crippen molar-refractivity contribution in [2.24, 2.45) is 0 Å². The van der Waals surface area contributed by atoms with Gasteiger partial charge in [-0.3, -0.25) is 24.7 Å². The van der Waals surface area contributed by atoms with Crippen molar-refractivity contribution in [2.75, 3.05) is 70.3 Å². The van der Waals surface area contributed by atoms with Crippen molar-refractivity contribution in [3.8, 4) is 0 Å². The molecule has 2 saturated heterocycles. The topological polar surface area (TPSA) is 148 Å². The molecular formula is C28H32F3N5O7. The zero-order valence-corrected chi connectivity index (χ0v) is 23.2. The number of anilines is 1. The summed E-state index contributed by atoms with van der Waals surface area (Å²) in [5.74, 6) is -2.63. The molecule has 2 heterocycles. The van der Waals surface area contributed by atoms with Gasteiger partial charge in [-0.25, -0.2) is 9.59 Å². The molecule has 2 fully saturated rings. The van der Waals surface area contributed by atoms with Crippen LogP contribution < -0.4 is 4.90 Å². The maximum Gasteiger partial charge on any atom is 0.416 e. The van der Waals surface area contributed by atoms with Gasteiger partial charge in [0.05, 0.1) is 10.5 Å². The van der Waals surface area contributed by atoms with Gasteiger partial charge in [0.25, 0.3) is 11.6 Å². The monoisotopic (exact) mass is 607 g/mol. The average molecular weight is 608 g/mol. The molecule has 0 radical (unpaired) electrons. The number of nitrogens with zero attached hydrogens (tertiary/aromatic N) is 5. The van der Waals surface area contributed by atoms with Crippen LogP contribution in [0.4, 0.5) is 24.5 Å². The first kappa shape index (κ1) is 33.0. The Bertz CT molecular complexity index is 1290. The van der Waals surface area contributed by atoms with Gasteiger partial charge in [-0.1, -0.05) is 6.07 Å². The van der Waals surface area contributed by atoms with Crippen LogP contribution in [0, 0.1) is 10.1 Å². The molecule has 43 heavy (non-hydrogen) atoms. The fourth-order valence-corrected chi connectivity index (χ4v) is 4.62. The Kier molecular flexibility index (Phi) is 11.6. The number of non-ortho nitro benzene ring substituents is 1. The minimum atomic E-state index is -4.34. The molecule has 232 valence electrons. The van der Waals surface area contributed by atoms with E-state index in [2.05, 4.69) is 9.80 Å². The summed E-state index contributed by atoms with van der Waals surface area (Å²) in [6, 6.07) is 11.2. The van der Waals surface area contributed by atoms with E-state index in [4.69, 9.17) is 10.2 Å². The van der Waals surface area contributed by atoms with Gasteiger partial charge in [0.15, 0.2) is 0 Å². The van der Waals surface area contributed by atoms with E-state index in [-0.39, 0.29) is 11.6 Å². The van der Waals surface area contributed by atoms with Gasteiger partial charge in [-0.05, 0) is 30.3 Å². The standard InChI is InChI=1S/C24H28F3N5O3.C4H4O4/c25-24(26,27)20-2-1-3-22(18-20)30-14-10-28(11-15-30)8-9-29-12-16-31(17-13-29)23(33)19-4-6-21(7-5-19)32(34)35;5-3(6)1-2-4(7)8/h1-7,18H,8-17H2;1-2H,(H,5,6)(H,7,8). The van der Waals surface area contributed by atoms with Crippen LogP contribution in [0.25, 0.3) is 0 Å². The van der Waals surface area contributed by atoms with Crippen LogP contribution in [0.2, 0.25) is 0 Å². The first-order chi connectivity index (χ1) is 20.3. The van der Waals surface area contributed by atoms with E-state index < -0.39 is 28.6 Å². The lowest BCUT2D eigenvalue weighted by atomic mass is 10.1. The Labute approximate surface area is 245 Å². The number of nitro benzene ring substituents is 1. The molecule has 0 unspecified atom stereocenters. The minimum absolute atomic E-state index is 0.0398. The van der Waals surface area contributed by atoms with E-state index in [9.17, 15) is 37.7 Å². The van der Waals surface area contributed by atoms with Crippen molar-refractivity contribution < 1.29 is 42.7 Å². The maximum atomic E-state index is 13.0. The summed E-state index contributed by atoms with van der Waals surface area (Å²) in [6.45, 7) is 7.36. The van der Waals surface area contributed by atoms with Gasteiger partial charge in [0.1, 0.15) is 0 Å². The van der Waals surface area contributed by atoms with Crippen LogP contribution in [-0.2, 0) is 15.8 Å². The van der Waals surface area contributed by atoms with E-state index in [1.165, 1.54) is 36.4 Å². The summed E-state index contributed by atoms with van der Waals surface area (Å²) < 4.78 is 39.0. The molecule has 0 saturated carbocycles. The summed E-state index contributed by atoms with van der Waals surface area (Å²) in [5, 5.41) is 26.4. The fourth-order valence-electron chi connectivity index (χ4n) is 4.62. The van der Waals surface area contributed by atoms with Crippen molar-refractivity contribution in [3.63, 3.8) is 0 Å². The van der Waals surface area contributed by atoms with Crippen LogP contribution >= 0.6 is 0 Å². The van der Waals surface area contributed by atoms with Gasteiger partial charge in [-0.2, -0.15) is 13.2 Å². The SMILES string of the molecule is O=C(O)C=CC(=O)O.O=C(c1ccc([N+](=O)[O-])cc1)N1CCN(CCN2CCN(c3cccc(C(F)(F)F)c3)CC2)CC1. The van der Waals surface area contributed by atoms with Gasteiger partial charge in [0.2, 0.25) is 0 Å². The first-order valence-electron chi connectivity index (χ1n) is 13.4. The van der Waals surface area contributed by atoms with Gasteiger partial charge in [0, 0.05) is 101 Å². The number of carbonyl (C=O) groups excluding carboxylic acids is 1. The highest BCUT2D eigenvalue weighted by Gasteiger charge is 2.31. The van der Waals surface area contributed by atoms with Gasteiger partial charge >= 0.3 is 18.1 Å². The molecule has 12 nitrogen and oxygen atoms in total. The second-order valence-electron chi connectivity index (χ2n) is 9.82. The number of hydrogen-bond donors (Lipinski definition) is 2. The van der Waals surface area contributed by atoms with Crippen molar-refractivity contribution in [1.82, 2.24) is 14.7 Å². The van der Waals surface area contributed by atoms with Crippen LogP contribution in [0.1, 0.15) is 15.9 Å². The molecule has 15 heteroatoms. The minimum Gasteiger partial charge on any atom is -0.478 e. The Morgan fingerprint density at radius 3 is 1.79 bits per heavy atom. The molecule has 2 N–H and O–H groups in total. The lowest BCUT2D eigenvalue weighted by Gasteiger charge is -2.39. The quantitative estimate of drug-likeness (QED) is 0.261. The van der Waals surface area contributed by atoms with E-state index in [0.29, 0.717) is 49.6 Å². The number of rotatable bonds is 8. The maximum absolute atomic E-state index is 13.0. The van der Waals surface area contributed by atoms with Crippen molar-refractivity contribution in [3.05, 3.63) is 81.9 Å². The third-order valence-electron chi connectivity index (χ3n) is 7.00. The Morgan fingerprint density at radius 2 is 1.33 bits per heavy atom. The Hall–Kier alpha value is -4.50. The number of halogens is 3. The van der Waals surface area contributed by atoms with Crippen molar-refractivity contribution in [2.45, 2.75) is 6.18 Å². The van der Waals surface area contributed by atoms with Crippen LogP contribution in [-0.4, -0.2) is 113 Å². The Balaban J connectivity index is 0.000000557. The molecule has 0 aromatic heterocycles. The number of benzene rings is 2. The largest absolute Gasteiger partial charge is 0.478 e.